The molecule has 1 N–H and O–H groups in total. The molecule has 0 spiro atoms. The first-order chi connectivity index (χ1) is 30.9. The molecule has 0 amide bonds. The van der Waals surface area contributed by atoms with Crippen LogP contribution < -0.4 is 0 Å². The van der Waals surface area contributed by atoms with Crippen LogP contribution in [0.1, 0.15) is 52.7 Å². The molecule has 0 radical (unpaired) electrons. The Kier molecular flexibility index (Phi) is 11.5. The van der Waals surface area contributed by atoms with Crippen LogP contribution in [-0.2, 0) is 31.9 Å². The third-order valence-electron chi connectivity index (χ3n) is 12.3. The number of benzene rings is 7. The van der Waals surface area contributed by atoms with Crippen LogP contribution in [0.4, 0.5) is 0 Å². The minimum atomic E-state index is -0.0463. The van der Waals surface area contributed by atoms with E-state index in [2.05, 4.69) is 210 Å². The molecule has 7 aromatic carbocycles. The summed E-state index contributed by atoms with van der Waals surface area (Å²) >= 11 is 0. The maximum absolute atomic E-state index is 11.1. The third-order valence-corrected chi connectivity index (χ3v) is 12.3. The molecule has 0 atom stereocenters. The van der Waals surface area contributed by atoms with Gasteiger partial charge in [-0.3, -0.25) is 9.97 Å². The predicted molar refractivity (Wildman–Crippen MR) is 267 cm³/mol. The molecule has 10 rings (SSSR count). The van der Waals surface area contributed by atoms with Crippen LogP contribution >= 0.6 is 0 Å². The molecule has 0 saturated heterocycles. The molecule has 4 nitrogen and oxygen atoms in total. The monoisotopic (exact) mass is 1020 g/mol. The van der Waals surface area contributed by atoms with Crippen molar-refractivity contribution in [3.05, 3.63) is 205 Å². The van der Waals surface area contributed by atoms with Crippen molar-refractivity contribution in [1.82, 2.24) is 14.5 Å². The molecule has 0 fully saturated rings. The second-order valence-corrected chi connectivity index (χ2v) is 18.8. The van der Waals surface area contributed by atoms with Gasteiger partial charge in [-0.25, -0.2) is 0 Å². The van der Waals surface area contributed by atoms with E-state index in [1.54, 1.807) is 6.07 Å². The van der Waals surface area contributed by atoms with Gasteiger partial charge in [0.2, 0.25) is 0 Å². The van der Waals surface area contributed by atoms with Gasteiger partial charge in [0.1, 0.15) is 5.75 Å². The number of hydrogen-bond acceptors (Lipinski definition) is 3. The number of nitrogens with zero attached hydrogens (tertiary/aromatic N) is 3. The molecule has 5 heteroatoms. The van der Waals surface area contributed by atoms with E-state index in [1.165, 1.54) is 33.0 Å². The first-order valence-corrected chi connectivity index (χ1v) is 22.0. The first kappa shape index (κ1) is 43.4. The van der Waals surface area contributed by atoms with E-state index in [0.29, 0.717) is 11.3 Å². The maximum Gasteiger partial charge on any atom is 0.124 e. The van der Waals surface area contributed by atoms with Gasteiger partial charge in [-0.2, -0.15) is 0 Å². The molecule has 0 aliphatic heterocycles. The summed E-state index contributed by atoms with van der Waals surface area (Å²) in [5, 5.41) is 13.5. The Balaban J connectivity index is 0.00000533. The third kappa shape index (κ3) is 8.59. The molecule has 0 unspecified atom stereocenters. The summed E-state index contributed by atoms with van der Waals surface area (Å²) in [7, 11) is 0. The Morgan fingerprint density at radius 1 is 0.415 bits per heavy atom. The Hall–Kier alpha value is -6.87. The van der Waals surface area contributed by atoms with Crippen LogP contribution in [0, 0.1) is 6.07 Å². The number of pyridine rings is 2. The molecular weight excluding hydrogens is 974 g/mol. The zero-order valence-electron chi connectivity index (χ0n) is 37.5. The van der Waals surface area contributed by atoms with E-state index >= 15 is 0 Å². The topological polar surface area (TPSA) is 50.9 Å². The Morgan fingerprint density at radius 3 is 1.69 bits per heavy atom. The molecule has 0 aliphatic rings. The molecule has 0 saturated carbocycles. The van der Waals surface area contributed by atoms with E-state index in [9.17, 15) is 5.11 Å². The molecule has 3 aromatic heterocycles. The van der Waals surface area contributed by atoms with E-state index in [4.69, 9.17) is 9.97 Å². The fraction of sp³-hybridized carbons (Fsp3) is 0.133. The minimum absolute atomic E-state index is 0. The summed E-state index contributed by atoms with van der Waals surface area (Å²) in [4.78, 5) is 10.5. The number of aromatic hydroxyl groups is 1. The Bertz CT molecular complexity index is 3320. The summed E-state index contributed by atoms with van der Waals surface area (Å²) in [5.41, 5.74) is 17.0. The fourth-order valence-corrected chi connectivity index (χ4v) is 8.68. The molecule has 65 heavy (non-hydrogen) atoms. The van der Waals surface area contributed by atoms with Crippen molar-refractivity contribution in [3.63, 3.8) is 0 Å². The number of hydrogen-bond donors (Lipinski definition) is 1. The van der Waals surface area contributed by atoms with Gasteiger partial charge in [-0.05, 0) is 92.7 Å². The molecule has 0 aliphatic carbocycles. The van der Waals surface area contributed by atoms with Crippen molar-refractivity contribution in [2.24, 2.45) is 0 Å². The number of phenolic OH excluding ortho intramolecular Hbond substituents is 1. The van der Waals surface area contributed by atoms with Gasteiger partial charge in [0.05, 0.1) is 22.4 Å². The normalized spacial score (nSPS) is 11.8. The van der Waals surface area contributed by atoms with Crippen molar-refractivity contribution in [2.75, 3.05) is 0 Å². The molecule has 10 aromatic rings. The minimum Gasteiger partial charge on any atom is -0.507 e. The van der Waals surface area contributed by atoms with Crippen LogP contribution in [0.2, 0.25) is 0 Å². The van der Waals surface area contributed by atoms with Crippen LogP contribution in [0.5, 0.6) is 5.75 Å². The summed E-state index contributed by atoms with van der Waals surface area (Å²) in [6.45, 7) is 13.6. The standard InChI is InChI=1S/C60H50N3O.Pt/c1-59(2,3)46-33-44(34-47(38-46)60(4,5)6)45-35-54(62-55(36-45)51-21-11-13-25-58(51)64)42-19-14-18-41(32-42)52-22-15-23-53(61-52)43-28-31-50-49-20-10-12-24-56(49)63(57(50)37-43)48-29-26-40(27-30-48)39-16-8-7-9-17-39;/h7-31,33-38,64H,1-6H3;/q-1;. The average Bonchev–Trinajstić information content (AvgIpc) is 3.65. The van der Waals surface area contributed by atoms with Crippen LogP contribution in [-0.4, -0.2) is 19.6 Å². The van der Waals surface area contributed by atoms with Gasteiger partial charge in [0.15, 0.2) is 0 Å². The fourth-order valence-electron chi connectivity index (χ4n) is 8.68. The molecule has 0 bridgehead atoms. The number of fused-ring (bicyclic) bond motifs is 3. The average molecular weight is 1020 g/mol. The van der Waals surface area contributed by atoms with Gasteiger partial charge in [0.25, 0.3) is 0 Å². The number of rotatable bonds is 7. The summed E-state index contributed by atoms with van der Waals surface area (Å²) in [6, 6.07) is 69.3. The zero-order chi connectivity index (χ0) is 44.2. The zero-order valence-corrected chi connectivity index (χ0v) is 39.8. The van der Waals surface area contributed by atoms with Crippen LogP contribution in [0.25, 0.3) is 94.8 Å². The number of phenols is 1. The quantitative estimate of drug-likeness (QED) is 0.162. The predicted octanol–water partition coefficient (Wildman–Crippen LogP) is 15.7. The second kappa shape index (κ2) is 17.3. The van der Waals surface area contributed by atoms with E-state index < -0.39 is 0 Å². The van der Waals surface area contributed by atoms with Crippen molar-refractivity contribution in [3.8, 4) is 78.7 Å². The molecule has 3 heterocycles. The largest absolute Gasteiger partial charge is 0.507 e. The van der Waals surface area contributed by atoms with Crippen LogP contribution in [0.15, 0.2) is 188 Å². The van der Waals surface area contributed by atoms with Crippen molar-refractivity contribution in [2.45, 2.75) is 52.4 Å². The summed E-state index contributed by atoms with van der Waals surface area (Å²) in [6.07, 6.45) is 0. The maximum atomic E-state index is 11.1. The van der Waals surface area contributed by atoms with Crippen molar-refractivity contribution >= 4 is 21.8 Å². The molecular formula is C60H50N3OPt-. The summed E-state index contributed by atoms with van der Waals surface area (Å²) < 4.78 is 2.36. The smallest absolute Gasteiger partial charge is 0.124 e. The Morgan fingerprint density at radius 2 is 0.969 bits per heavy atom. The SMILES string of the molecule is CC(C)(C)c1cc(-c2cc(-c3[c-]c(-c4cccc(-c5ccc6c7ccccc7n(-c7ccc(-c8ccccc8)cc7)c6c5)n4)ccc3)nc(-c3ccccc3O)c2)cc(C(C)(C)C)c1.[Pt]. The van der Waals surface area contributed by atoms with Gasteiger partial charge < -0.3 is 9.67 Å². The Labute approximate surface area is 396 Å². The van der Waals surface area contributed by atoms with E-state index in [-0.39, 0.29) is 37.6 Å². The number of aromatic nitrogens is 3. The first-order valence-electron chi connectivity index (χ1n) is 22.0. The number of para-hydroxylation sites is 2. The van der Waals surface area contributed by atoms with Crippen molar-refractivity contribution < 1.29 is 26.2 Å². The second-order valence-electron chi connectivity index (χ2n) is 18.8. The van der Waals surface area contributed by atoms with Gasteiger partial charge in [-0.1, -0.05) is 174 Å². The van der Waals surface area contributed by atoms with Crippen molar-refractivity contribution in [1.29, 1.82) is 0 Å². The van der Waals surface area contributed by atoms with Gasteiger partial charge in [-0.15, -0.1) is 24.3 Å². The molecule has 322 valence electrons. The van der Waals surface area contributed by atoms with Gasteiger partial charge in [0, 0.05) is 60.0 Å². The van der Waals surface area contributed by atoms with E-state index in [1.807, 2.05) is 24.3 Å². The van der Waals surface area contributed by atoms with Gasteiger partial charge >= 0.3 is 0 Å². The van der Waals surface area contributed by atoms with Crippen LogP contribution in [0.3, 0.4) is 0 Å². The van der Waals surface area contributed by atoms with E-state index in [0.717, 1.165) is 61.6 Å². The summed E-state index contributed by atoms with van der Waals surface area (Å²) in [5.74, 6) is 0.190.